The largest absolute Gasteiger partial charge is 0.355 e. The highest BCUT2D eigenvalue weighted by atomic mass is 16.5. The molecular weight excluding hydrogens is 298 g/mol. The van der Waals surface area contributed by atoms with Crippen LogP contribution in [-0.4, -0.2) is 24.7 Å². The van der Waals surface area contributed by atoms with Gasteiger partial charge in [0, 0.05) is 12.1 Å². The molecule has 1 aromatic carbocycles. The number of anilines is 1. The molecule has 0 radical (unpaired) electrons. The summed E-state index contributed by atoms with van der Waals surface area (Å²) in [6.07, 6.45) is 4.70. The molecule has 0 spiro atoms. The van der Waals surface area contributed by atoms with E-state index in [1.165, 1.54) is 11.3 Å². The molecule has 3 rings (SSSR count). The molecular formula is C21H31NO2. The maximum absolute atomic E-state index is 12.7. The van der Waals surface area contributed by atoms with E-state index in [9.17, 15) is 4.79 Å². The van der Waals surface area contributed by atoms with Crippen LogP contribution in [0.15, 0.2) is 24.3 Å². The summed E-state index contributed by atoms with van der Waals surface area (Å²) in [6, 6.07) is 9.19. The molecule has 1 saturated heterocycles. The number of ether oxygens (including phenoxy) is 1. The first-order chi connectivity index (χ1) is 11.5. The maximum atomic E-state index is 12.7. The van der Waals surface area contributed by atoms with Crippen LogP contribution in [0, 0.1) is 5.41 Å². The summed E-state index contributed by atoms with van der Waals surface area (Å²) in [6.45, 7) is 9.47. The van der Waals surface area contributed by atoms with Crippen LogP contribution in [0.2, 0.25) is 0 Å². The number of ketones is 1. The SMILES string of the molecule is CC[C@@H]1CO[C@H]([C@]2(C)CCCCC2=O)N1c1ccc(C(C)C)cc1. The molecule has 2 fully saturated rings. The first-order valence-corrected chi connectivity index (χ1v) is 9.50. The normalized spacial score (nSPS) is 31.0. The molecule has 1 aliphatic heterocycles. The van der Waals surface area contributed by atoms with Gasteiger partial charge < -0.3 is 9.64 Å². The lowest BCUT2D eigenvalue weighted by Crippen LogP contribution is -2.51. The standard InChI is InChI=1S/C21H31NO2/c1-5-17-14-24-20(21(4)13-7-6-8-19(21)23)22(17)18-11-9-16(10-12-18)15(2)3/h9-12,15,17,20H,5-8,13-14H2,1-4H3/t17-,20-,21-/m1/s1. The van der Waals surface area contributed by atoms with Gasteiger partial charge in [-0.15, -0.1) is 0 Å². The van der Waals surface area contributed by atoms with Crippen molar-refractivity contribution in [3.63, 3.8) is 0 Å². The first-order valence-electron chi connectivity index (χ1n) is 9.50. The minimum Gasteiger partial charge on any atom is -0.355 e. The van der Waals surface area contributed by atoms with Gasteiger partial charge in [-0.1, -0.05) is 39.3 Å². The van der Waals surface area contributed by atoms with Gasteiger partial charge in [0.25, 0.3) is 0 Å². The zero-order valence-corrected chi connectivity index (χ0v) is 15.5. The molecule has 3 nitrogen and oxygen atoms in total. The number of Topliss-reactive ketones (excluding diaryl/α,β-unsaturated/α-hetero) is 1. The van der Waals surface area contributed by atoms with Crippen molar-refractivity contribution in [2.24, 2.45) is 5.41 Å². The van der Waals surface area contributed by atoms with Crippen LogP contribution in [0.5, 0.6) is 0 Å². The Morgan fingerprint density at radius 3 is 2.54 bits per heavy atom. The second kappa shape index (κ2) is 6.87. The van der Waals surface area contributed by atoms with Crippen molar-refractivity contribution in [3.05, 3.63) is 29.8 Å². The fraction of sp³-hybridized carbons (Fsp3) is 0.667. The maximum Gasteiger partial charge on any atom is 0.143 e. The van der Waals surface area contributed by atoms with Crippen molar-refractivity contribution in [1.82, 2.24) is 0 Å². The van der Waals surface area contributed by atoms with Crippen LogP contribution >= 0.6 is 0 Å². The number of hydrogen-bond donors (Lipinski definition) is 0. The smallest absolute Gasteiger partial charge is 0.143 e. The highest BCUT2D eigenvalue weighted by Gasteiger charge is 2.50. The average Bonchev–Trinajstić information content (AvgIpc) is 3.02. The predicted octanol–water partition coefficient (Wildman–Crippen LogP) is 4.90. The third-order valence-electron chi connectivity index (χ3n) is 5.95. The second-order valence-corrected chi connectivity index (χ2v) is 7.95. The summed E-state index contributed by atoms with van der Waals surface area (Å²) >= 11 is 0. The van der Waals surface area contributed by atoms with Crippen LogP contribution in [0.25, 0.3) is 0 Å². The summed E-state index contributed by atoms with van der Waals surface area (Å²) in [7, 11) is 0. The summed E-state index contributed by atoms with van der Waals surface area (Å²) < 4.78 is 6.22. The number of rotatable bonds is 4. The Bertz CT molecular complexity index is 580. The topological polar surface area (TPSA) is 29.5 Å². The summed E-state index contributed by atoms with van der Waals surface area (Å²) in [5.74, 6) is 0.906. The van der Waals surface area contributed by atoms with Crippen LogP contribution in [0.3, 0.4) is 0 Å². The molecule has 1 saturated carbocycles. The van der Waals surface area contributed by atoms with E-state index in [4.69, 9.17) is 4.74 Å². The van der Waals surface area contributed by atoms with E-state index in [0.717, 1.165) is 32.3 Å². The molecule has 1 aliphatic carbocycles. The minimum absolute atomic E-state index is 0.125. The zero-order valence-electron chi connectivity index (χ0n) is 15.5. The van der Waals surface area contributed by atoms with Crippen LogP contribution in [-0.2, 0) is 9.53 Å². The second-order valence-electron chi connectivity index (χ2n) is 7.95. The predicted molar refractivity (Wildman–Crippen MR) is 98.4 cm³/mol. The lowest BCUT2D eigenvalue weighted by molar-refractivity contribution is -0.138. The molecule has 0 N–H and O–H groups in total. The van der Waals surface area contributed by atoms with Gasteiger partial charge in [-0.25, -0.2) is 0 Å². The Labute approximate surface area is 146 Å². The number of benzene rings is 1. The zero-order chi connectivity index (χ0) is 17.3. The van der Waals surface area contributed by atoms with E-state index in [-0.39, 0.29) is 11.6 Å². The van der Waals surface area contributed by atoms with E-state index < -0.39 is 0 Å². The van der Waals surface area contributed by atoms with Crippen LogP contribution < -0.4 is 4.90 Å². The van der Waals surface area contributed by atoms with Gasteiger partial charge in [0.1, 0.15) is 12.0 Å². The quantitative estimate of drug-likeness (QED) is 0.787. The Balaban J connectivity index is 1.93. The van der Waals surface area contributed by atoms with Gasteiger partial charge >= 0.3 is 0 Å². The molecule has 3 heteroatoms. The highest BCUT2D eigenvalue weighted by molar-refractivity contribution is 5.86. The van der Waals surface area contributed by atoms with Gasteiger partial charge in [0.2, 0.25) is 0 Å². The van der Waals surface area contributed by atoms with Gasteiger partial charge in [-0.3, -0.25) is 4.79 Å². The fourth-order valence-corrected chi connectivity index (χ4v) is 4.20. The van der Waals surface area contributed by atoms with Crippen molar-refractivity contribution in [2.75, 3.05) is 11.5 Å². The number of nitrogens with zero attached hydrogens (tertiary/aromatic N) is 1. The van der Waals surface area contributed by atoms with Crippen LogP contribution in [0.1, 0.15) is 71.3 Å². The van der Waals surface area contributed by atoms with E-state index in [1.807, 2.05) is 0 Å². The van der Waals surface area contributed by atoms with E-state index in [2.05, 4.69) is 56.9 Å². The molecule has 24 heavy (non-hydrogen) atoms. The van der Waals surface area contributed by atoms with E-state index in [0.29, 0.717) is 24.2 Å². The molecule has 3 atom stereocenters. The van der Waals surface area contributed by atoms with Crippen molar-refractivity contribution in [3.8, 4) is 0 Å². The summed E-state index contributed by atoms with van der Waals surface area (Å²) in [5, 5.41) is 0. The molecule has 0 bridgehead atoms. The van der Waals surface area contributed by atoms with Crippen molar-refractivity contribution in [2.45, 2.75) is 78.0 Å². The highest BCUT2D eigenvalue weighted by Crippen LogP contribution is 2.44. The Kier molecular flexibility index (Phi) is 5.00. The van der Waals surface area contributed by atoms with Crippen molar-refractivity contribution < 1.29 is 9.53 Å². The summed E-state index contributed by atoms with van der Waals surface area (Å²) in [4.78, 5) is 15.1. The van der Waals surface area contributed by atoms with E-state index in [1.54, 1.807) is 0 Å². The van der Waals surface area contributed by atoms with Crippen molar-refractivity contribution in [1.29, 1.82) is 0 Å². The minimum atomic E-state index is -0.376. The van der Waals surface area contributed by atoms with E-state index >= 15 is 0 Å². The summed E-state index contributed by atoms with van der Waals surface area (Å²) in [5.41, 5.74) is 2.16. The number of carbonyl (C=O) groups excluding carboxylic acids is 1. The average molecular weight is 329 g/mol. The molecule has 132 valence electrons. The lowest BCUT2D eigenvalue weighted by Gasteiger charge is -2.42. The van der Waals surface area contributed by atoms with Crippen LogP contribution in [0.4, 0.5) is 5.69 Å². The third kappa shape index (κ3) is 2.99. The van der Waals surface area contributed by atoms with Crippen molar-refractivity contribution >= 4 is 11.5 Å². The molecule has 2 aliphatic rings. The monoisotopic (exact) mass is 329 g/mol. The molecule has 0 amide bonds. The Hall–Kier alpha value is -1.35. The van der Waals surface area contributed by atoms with Gasteiger partial charge in [0.15, 0.2) is 0 Å². The number of hydrogen-bond acceptors (Lipinski definition) is 3. The molecule has 1 heterocycles. The third-order valence-corrected chi connectivity index (χ3v) is 5.95. The van der Waals surface area contributed by atoms with Gasteiger partial charge in [-0.05, 0) is 49.8 Å². The fourth-order valence-electron chi connectivity index (χ4n) is 4.20. The molecule has 0 unspecified atom stereocenters. The Morgan fingerprint density at radius 2 is 1.96 bits per heavy atom. The molecule has 0 aromatic heterocycles. The lowest BCUT2D eigenvalue weighted by atomic mass is 9.72. The first kappa shape index (κ1) is 17.5. The number of carbonyl (C=O) groups is 1. The Morgan fingerprint density at radius 1 is 1.25 bits per heavy atom. The van der Waals surface area contributed by atoms with Gasteiger partial charge in [0.05, 0.1) is 18.1 Å². The van der Waals surface area contributed by atoms with Gasteiger partial charge in [-0.2, -0.15) is 0 Å². The molecule has 1 aromatic rings.